The highest BCUT2D eigenvalue weighted by molar-refractivity contribution is 6.29. The SMILES string of the molecule is CCC1CCCCC1C(=O)NCC1C(C2CC2)CCN1c1cc(Cl)nc(C2CC2)n1. The summed E-state index contributed by atoms with van der Waals surface area (Å²) in [4.78, 5) is 24.9. The average Bonchev–Trinajstić information content (AvgIpc) is 3.69. The monoisotopic (exact) mass is 430 g/mol. The van der Waals surface area contributed by atoms with Crippen molar-refractivity contribution < 1.29 is 4.79 Å². The number of halogens is 1. The molecule has 1 aromatic rings. The van der Waals surface area contributed by atoms with Crippen molar-refractivity contribution in [2.24, 2.45) is 23.7 Å². The molecule has 4 unspecified atom stereocenters. The second-order valence-corrected chi connectivity index (χ2v) is 10.4. The van der Waals surface area contributed by atoms with Gasteiger partial charge in [-0.25, -0.2) is 9.97 Å². The zero-order chi connectivity index (χ0) is 20.7. The zero-order valence-electron chi connectivity index (χ0n) is 18.2. The lowest BCUT2D eigenvalue weighted by Crippen LogP contribution is -2.46. The van der Waals surface area contributed by atoms with Crippen LogP contribution in [-0.2, 0) is 4.79 Å². The van der Waals surface area contributed by atoms with E-state index < -0.39 is 0 Å². The minimum absolute atomic E-state index is 0.202. The fourth-order valence-corrected chi connectivity index (χ4v) is 6.15. The highest BCUT2D eigenvalue weighted by atomic mass is 35.5. The first-order chi connectivity index (χ1) is 14.6. The Kier molecular flexibility index (Phi) is 5.92. The molecule has 6 heteroatoms. The molecule has 4 atom stereocenters. The van der Waals surface area contributed by atoms with Crippen molar-refractivity contribution in [1.29, 1.82) is 0 Å². The van der Waals surface area contributed by atoms with E-state index in [1.54, 1.807) is 0 Å². The van der Waals surface area contributed by atoms with Crippen molar-refractivity contribution in [2.75, 3.05) is 18.0 Å². The third-order valence-electron chi connectivity index (χ3n) is 8.02. The van der Waals surface area contributed by atoms with E-state index in [2.05, 4.69) is 22.1 Å². The maximum absolute atomic E-state index is 13.1. The number of carbonyl (C=O) groups excluding carboxylic acids is 1. The number of nitrogens with one attached hydrogen (secondary N) is 1. The lowest BCUT2D eigenvalue weighted by atomic mass is 9.77. The van der Waals surface area contributed by atoms with Crippen LogP contribution in [0.15, 0.2) is 6.07 Å². The summed E-state index contributed by atoms with van der Waals surface area (Å²) in [5, 5.41) is 3.93. The predicted octanol–water partition coefficient (Wildman–Crippen LogP) is 4.94. The second kappa shape index (κ2) is 8.64. The van der Waals surface area contributed by atoms with Gasteiger partial charge in [-0.1, -0.05) is 37.8 Å². The normalized spacial score (nSPS) is 31.7. The molecule has 3 aliphatic carbocycles. The summed E-state index contributed by atoms with van der Waals surface area (Å²) in [6, 6.07) is 2.24. The fourth-order valence-electron chi connectivity index (χ4n) is 5.97. The Morgan fingerprint density at radius 2 is 1.93 bits per heavy atom. The number of hydrogen-bond acceptors (Lipinski definition) is 4. The Morgan fingerprint density at radius 1 is 1.13 bits per heavy atom. The van der Waals surface area contributed by atoms with Crippen LogP contribution < -0.4 is 10.2 Å². The molecule has 0 spiro atoms. The number of anilines is 1. The molecule has 5 rings (SSSR count). The van der Waals surface area contributed by atoms with Crippen molar-refractivity contribution in [3.8, 4) is 0 Å². The highest BCUT2D eigenvalue weighted by Crippen LogP contribution is 2.46. The van der Waals surface area contributed by atoms with Gasteiger partial charge in [-0.3, -0.25) is 4.79 Å². The van der Waals surface area contributed by atoms with Gasteiger partial charge in [0.1, 0.15) is 16.8 Å². The Balaban J connectivity index is 1.31. The molecule has 4 fully saturated rings. The third kappa shape index (κ3) is 4.32. The molecular weight excluding hydrogens is 396 g/mol. The van der Waals surface area contributed by atoms with E-state index in [0.717, 1.165) is 43.5 Å². The standard InChI is InChI=1S/C24H35ClN4O/c1-2-15-5-3-4-6-19(15)24(30)26-14-20-18(16-7-8-16)11-12-29(20)22-13-21(25)27-23(28-22)17-9-10-17/h13,15-20H,2-12,14H2,1H3,(H,26,30). The van der Waals surface area contributed by atoms with Crippen molar-refractivity contribution in [3.05, 3.63) is 17.0 Å². The number of hydrogen-bond donors (Lipinski definition) is 1. The second-order valence-electron chi connectivity index (χ2n) is 10.0. The van der Waals surface area contributed by atoms with Gasteiger partial charge < -0.3 is 10.2 Å². The largest absolute Gasteiger partial charge is 0.354 e. The van der Waals surface area contributed by atoms with Crippen LogP contribution in [0.4, 0.5) is 5.82 Å². The zero-order valence-corrected chi connectivity index (χ0v) is 18.9. The maximum atomic E-state index is 13.1. The van der Waals surface area contributed by atoms with Gasteiger partial charge in [0.25, 0.3) is 0 Å². The summed E-state index contributed by atoms with van der Waals surface area (Å²) >= 11 is 6.37. The average molecular weight is 431 g/mol. The van der Waals surface area contributed by atoms with E-state index in [4.69, 9.17) is 16.6 Å². The van der Waals surface area contributed by atoms with E-state index in [1.807, 2.05) is 6.07 Å². The minimum Gasteiger partial charge on any atom is -0.354 e. The highest BCUT2D eigenvalue weighted by Gasteiger charge is 2.44. The molecule has 3 saturated carbocycles. The lowest BCUT2D eigenvalue weighted by Gasteiger charge is -2.33. The number of amides is 1. The van der Waals surface area contributed by atoms with Crippen LogP contribution >= 0.6 is 11.6 Å². The molecule has 30 heavy (non-hydrogen) atoms. The van der Waals surface area contributed by atoms with E-state index in [-0.39, 0.29) is 11.8 Å². The lowest BCUT2D eigenvalue weighted by molar-refractivity contribution is -0.127. The first-order valence-electron chi connectivity index (χ1n) is 12.2. The van der Waals surface area contributed by atoms with Crippen LogP contribution in [0.3, 0.4) is 0 Å². The van der Waals surface area contributed by atoms with Gasteiger partial charge in [-0.2, -0.15) is 0 Å². The Bertz CT molecular complexity index is 778. The predicted molar refractivity (Wildman–Crippen MR) is 120 cm³/mol. The van der Waals surface area contributed by atoms with Gasteiger partial charge in [0.05, 0.1) is 6.04 Å². The molecule has 1 aromatic heterocycles. The van der Waals surface area contributed by atoms with Crippen LogP contribution in [0, 0.1) is 23.7 Å². The van der Waals surface area contributed by atoms with Gasteiger partial charge in [-0.15, -0.1) is 0 Å². The molecular formula is C24H35ClN4O. The number of carbonyl (C=O) groups is 1. The van der Waals surface area contributed by atoms with Crippen molar-refractivity contribution >= 4 is 23.3 Å². The van der Waals surface area contributed by atoms with Crippen molar-refractivity contribution in [2.45, 2.75) is 83.1 Å². The van der Waals surface area contributed by atoms with Crippen LogP contribution in [0.25, 0.3) is 0 Å². The first kappa shape index (κ1) is 20.5. The molecule has 1 N–H and O–H groups in total. The summed E-state index contributed by atoms with van der Waals surface area (Å²) in [5.74, 6) is 4.85. The molecule has 0 radical (unpaired) electrons. The quantitative estimate of drug-likeness (QED) is 0.622. The summed E-state index contributed by atoms with van der Waals surface area (Å²) in [7, 11) is 0. The van der Waals surface area contributed by atoms with Crippen LogP contribution in [0.5, 0.6) is 0 Å². The molecule has 1 saturated heterocycles. The van der Waals surface area contributed by atoms with Crippen LogP contribution in [0.2, 0.25) is 5.15 Å². The fraction of sp³-hybridized carbons (Fsp3) is 0.792. The van der Waals surface area contributed by atoms with Gasteiger partial charge in [-0.05, 0) is 62.7 Å². The maximum Gasteiger partial charge on any atom is 0.223 e. The topological polar surface area (TPSA) is 58.1 Å². The third-order valence-corrected chi connectivity index (χ3v) is 8.21. The van der Waals surface area contributed by atoms with Crippen molar-refractivity contribution in [3.63, 3.8) is 0 Å². The van der Waals surface area contributed by atoms with Crippen LogP contribution in [-0.4, -0.2) is 35.0 Å². The van der Waals surface area contributed by atoms with Crippen molar-refractivity contribution in [1.82, 2.24) is 15.3 Å². The van der Waals surface area contributed by atoms with Gasteiger partial charge in [0, 0.05) is 31.0 Å². The van der Waals surface area contributed by atoms with Gasteiger partial charge >= 0.3 is 0 Å². The van der Waals surface area contributed by atoms with Gasteiger partial charge in [0.2, 0.25) is 5.91 Å². The van der Waals surface area contributed by atoms with Crippen LogP contribution in [0.1, 0.15) is 82.9 Å². The molecule has 4 aliphatic rings. The minimum atomic E-state index is 0.202. The molecule has 0 aromatic carbocycles. The van der Waals surface area contributed by atoms with E-state index in [0.29, 0.717) is 28.9 Å². The Labute approximate surface area is 185 Å². The summed E-state index contributed by atoms with van der Waals surface area (Å²) in [5.41, 5.74) is 0. The molecule has 2 heterocycles. The summed E-state index contributed by atoms with van der Waals surface area (Å²) in [6.07, 6.45) is 12.0. The molecule has 0 bridgehead atoms. The summed E-state index contributed by atoms with van der Waals surface area (Å²) in [6.45, 7) is 3.96. The van der Waals surface area contributed by atoms with E-state index in [1.165, 1.54) is 51.4 Å². The van der Waals surface area contributed by atoms with E-state index in [9.17, 15) is 4.79 Å². The number of rotatable bonds is 7. The molecule has 164 valence electrons. The summed E-state index contributed by atoms with van der Waals surface area (Å²) < 4.78 is 0. The smallest absolute Gasteiger partial charge is 0.223 e. The first-order valence-corrected chi connectivity index (χ1v) is 12.6. The Hall–Kier alpha value is -1.36. The van der Waals surface area contributed by atoms with Gasteiger partial charge in [0.15, 0.2) is 0 Å². The Morgan fingerprint density at radius 3 is 2.67 bits per heavy atom. The van der Waals surface area contributed by atoms with E-state index >= 15 is 0 Å². The molecule has 1 amide bonds. The number of nitrogens with zero attached hydrogens (tertiary/aromatic N) is 3. The molecule has 1 aliphatic heterocycles. The molecule has 5 nitrogen and oxygen atoms in total. The number of aromatic nitrogens is 2.